The number of nitrogens with one attached hydrogen (secondary N) is 2. The molecule has 1 aliphatic heterocycles. The third-order valence-electron chi connectivity index (χ3n) is 3.78. The Hall–Kier alpha value is -1.67. The van der Waals surface area contributed by atoms with E-state index in [1.807, 2.05) is 30.3 Å². The van der Waals surface area contributed by atoms with Crippen LogP contribution < -0.4 is 10.8 Å². The highest BCUT2D eigenvalue weighted by Gasteiger charge is 2.22. The minimum Gasteiger partial charge on any atom is -0.465 e. The maximum Gasteiger partial charge on any atom is 0.404 e. The smallest absolute Gasteiger partial charge is 0.404 e. The fourth-order valence-corrected chi connectivity index (χ4v) is 2.50. The monoisotopic (exact) mass is 324 g/mol. The van der Waals surface area contributed by atoms with Gasteiger partial charge in [-0.15, -0.1) is 0 Å². The van der Waals surface area contributed by atoms with Gasteiger partial charge in [0.15, 0.2) is 0 Å². The van der Waals surface area contributed by atoms with Crippen LogP contribution in [-0.2, 0) is 16.0 Å². The second-order valence-corrected chi connectivity index (χ2v) is 5.59. The van der Waals surface area contributed by atoms with Gasteiger partial charge in [-0.1, -0.05) is 30.3 Å². The normalized spacial score (nSPS) is 18.3. The van der Waals surface area contributed by atoms with Crippen LogP contribution in [0, 0.1) is 0 Å². The largest absolute Gasteiger partial charge is 0.465 e. The van der Waals surface area contributed by atoms with E-state index in [2.05, 4.69) is 10.8 Å². The van der Waals surface area contributed by atoms with Crippen LogP contribution in [0.1, 0.15) is 18.4 Å². The van der Waals surface area contributed by atoms with Crippen molar-refractivity contribution in [2.45, 2.75) is 37.5 Å². The number of amides is 1. The minimum atomic E-state index is -1.16. The summed E-state index contributed by atoms with van der Waals surface area (Å²) in [7, 11) is 0. The van der Waals surface area contributed by atoms with Gasteiger partial charge in [0.1, 0.15) is 0 Å². The first-order valence-electron chi connectivity index (χ1n) is 7.83. The number of ether oxygens (including phenoxy) is 1. The third kappa shape index (κ3) is 6.54. The Kier molecular flexibility index (Phi) is 7.28. The van der Waals surface area contributed by atoms with E-state index < -0.39 is 18.2 Å². The van der Waals surface area contributed by atoms with Gasteiger partial charge >= 0.3 is 6.09 Å². The molecule has 128 valence electrons. The average molecular weight is 324 g/mol. The lowest BCUT2D eigenvalue weighted by atomic mass is 10.0. The maximum atomic E-state index is 10.9. The molecule has 1 heterocycles. The Bertz CT molecular complexity index is 465. The molecule has 1 aliphatic rings. The zero-order valence-corrected chi connectivity index (χ0v) is 13.0. The van der Waals surface area contributed by atoms with Gasteiger partial charge in [0.2, 0.25) is 0 Å². The van der Waals surface area contributed by atoms with Gasteiger partial charge in [-0.3, -0.25) is 4.84 Å². The first kappa shape index (κ1) is 17.7. The number of hydrogen-bond acceptors (Lipinski definition) is 5. The molecule has 2 atom stereocenters. The molecule has 0 aliphatic carbocycles. The Morgan fingerprint density at radius 1 is 1.30 bits per heavy atom. The molecule has 1 aromatic carbocycles. The van der Waals surface area contributed by atoms with E-state index in [9.17, 15) is 9.90 Å². The van der Waals surface area contributed by atoms with E-state index in [1.54, 1.807) is 0 Å². The fraction of sp³-hybridized carbons (Fsp3) is 0.562. The number of carboxylic acid groups (broad SMARTS) is 1. The van der Waals surface area contributed by atoms with Crippen molar-refractivity contribution in [1.82, 2.24) is 10.8 Å². The minimum absolute atomic E-state index is 0.0657. The summed E-state index contributed by atoms with van der Waals surface area (Å²) in [5, 5.41) is 21.6. The molecule has 1 aromatic rings. The molecule has 23 heavy (non-hydrogen) atoms. The van der Waals surface area contributed by atoms with Crippen LogP contribution in [0.5, 0.6) is 0 Å². The van der Waals surface area contributed by atoms with E-state index in [0.29, 0.717) is 19.6 Å². The van der Waals surface area contributed by atoms with Crippen molar-refractivity contribution in [3.05, 3.63) is 35.9 Å². The quantitative estimate of drug-likeness (QED) is 0.531. The van der Waals surface area contributed by atoms with Gasteiger partial charge in [0.25, 0.3) is 0 Å². The van der Waals surface area contributed by atoms with Gasteiger partial charge in [0.05, 0.1) is 18.2 Å². The second kappa shape index (κ2) is 9.46. The number of benzene rings is 1. The molecule has 4 N–H and O–H groups in total. The highest BCUT2D eigenvalue weighted by molar-refractivity contribution is 5.65. The molecule has 0 spiro atoms. The molecule has 2 rings (SSSR count). The molecular weight excluding hydrogens is 300 g/mol. The van der Waals surface area contributed by atoms with Crippen molar-refractivity contribution in [3.8, 4) is 0 Å². The van der Waals surface area contributed by atoms with Gasteiger partial charge in [0, 0.05) is 19.8 Å². The lowest BCUT2D eigenvalue weighted by molar-refractivity contribution is -0.0874. The highest BCUT2D eigenvalue weighted by atomic mass is 16.7. The van der Waals surface area contributed by atoms with E-state index in [4.69, 9.17) is 14.7 Å². The molecule has 1 fully saturated rings. The molecule has 1 saturated heterocycles. The second-order valence-electron chi connectivity index (χ2n) is 5.59. The van der Waals surface area contributed by atoms with Crippen LogP contribution in [0.2, 0.25) is 0 Å². The van der Waals surface area contributed by atoms with Crippen LogP contribution in [0.4, 0.5) is 4.79 Å². The van der Waals surface area contributed by atoms with Crippen molar-refractivity contribution in [2.75, 3.05) is 19.8 Å². The summed E-state index contributed by atoms with van der Waals surface area (Å²) in [4.78, 5) is 16.4. The molecule has 0 radical (unpaired) electrons. The SMILES string of the molecule is O=C(O)N[C@@H](Cc1ccccc1)[C@H](O)CNOC1CCOCC1. The summed E-state index contributed by atoms with van der Waals surface area (Å²) in [5.41, 5.74) is 3.71. The summed E-state index contributed by atoms with van der Waals surface area (Å²) >= 11 is 0. The van der Waals surface area contributed by atoms with Crippen molar-refractivity contribution in [3.63, 3.8) is 0 Å². The Labute approximate surface area is 135 Å². The lowest BCUT2D eigenvalue weighted by Crippen LogP contribution is -2.48. The molecule has 0 bridgehead atoms. The van der Waals surface area contributed by atoms with E-state index in [-0.39, 0.29) is 12.6 Å². The standard InChI is InChI=1S/C16H24N2O5/c19-15(11-17-23-13-6-8-22-9-7-13)14(18-16(20)21)10-12-4-2-1-3-5-12/h1-5,13-15,17-19H,6-11H2,(H,20,21)/t14-,15+/m0/s1. The number of hydroxylamine groups is 1. The predicted octanol–water partition coefficient (Wildman–Crippen LogP) is 0.926. The Morgan fingerprint density at radius 2 is 2.00 bits per heavy atom. The molecule has 7 nitrogen and oxygen atoms in total. The number of aliphatic hydroxyl groups is 1. The molecule has 0 unspecified atom stereocenters. The van der Waals surface area contributed by atoms with Crippen LogP contribution in [0.3, 0.4) is 0 Å². The van der Waals surface area contributed by atoms with Crippen molar-refractivity contribution in [2.24, 2.45) is 0 Å². The lowest BCUT2D eigenvalue weighted by Gasteiger charge is -2.26. The van der Waals surface area contributed by atoms with Gasteiger partial charge in [-0.25, -0.2) is 4.79 Å². The van der Waals surface area contributed by atoms with E-state index >= 15 is 0 Å². The number of carbonyl (C=O) groups is 1. The first-order chi connectivity index (χ1) is 11.1. The summed E-state index contributed by atoms with van der Waals surface area (Å²) in [6.07, 6.45) is 0.0404. The van der Waals surface area contributed by atoms with E-state index in [0.717, 1.165) is 18.4 Å². The molecular formula is C16H24N2O5. The maximum absolute atomic E-state index is 10.9. The molecule has 0 saturated carbocycles. The summed E-state index contributed by atoms with van der Waals surface area (Å²) in [6, 6.07) is 8.84. The summed E-state index contributed by atoms with van der Waals surface area (Å²) in [5.74, 6) is 0. The third-order valence-corrected chi connectivity index (χ3v) is 3.78. The number of rotatable bonds is 8. The highest BCUT2D eigenvalue weighted by Crippen LogP contribution is 2.10. The van der Waals surface area contributed by atoms with Crippen LogP contribution in [-0.4, -0.2) is 54.3 Å². The van der Waals surface area contributed by atoms with Crippen molar-refractivity contribution in [1.29, 1.82) is 0 Å². The topological polar surface area (TPSA) is 100 Å². The predicted molar refractivity (Wildman–Crippen MR) is 84.0 cm³/mol. The Morgan fingerprint density at radius 3 is 2.65 bits per heavy atom. The summed E-state index contributed by atoms with van der Waals surface area (Å²) in [6.45, 7) is 1.49. The Balaban J connectivity index is 1.80. The van der Waals surface area contributed by atoms with Crippen molar-refractivity contribution >= 4 is 6.09 Å². The van der Waals surface area contributed by atoms with Crippen LogP contribution in [0.25, 0.3) is 0 Å². The zero-order chi connectivity index (χ0) is 16.5. The van der Waals surface area contributed by atoms with Gasteiger partial charge in [-0.05, 0) is 24.8 Å². The molecule has 1 amide bonds. The van der Waals surface area contributed by atoms with Crippen LogP contribution in [0.15, 0.2) is 30.3 Å². The first-order valence-corrected chi connectivity index (χ1v) is 7.83. The fourth-order valence-electron chi connectivity index (χ4n) is 2.50. The summed E-state index contributed by atoms with van der Waals surface area (Å²) < 4.78 is 5.24. The van der Waals surface area contributed by atoms with Gasteiger partial charge in [-0.2, -0.15) is 5.48 Å². The molecule has 0 aromatic heterocycles. The van der Waals surface area contributed by atoms with Crippen molar-refractivity contribution < 1.29 is 24.6 Å². The zero-order valence-electron chi connectivity index (χ0n) is 13.0. The molecule has 7 heteroatoms. The number of aliphatic hydroxyl groups excluding tert-OH is 1. The number of hydrogen-bond donors (Lipinski definition) is 4. The van der Waals surface area contributed by atoms with Crippen LogP contribution >= 0.6 is 0 Å². The van der Waals surface area contributed by atoms with Gasteiger partial charge < -0.3 is 20.3 Å². The average Bonchev–Trinajstić information content (AvgIpc) is 2.56. The van der Waals surface area contributed by atoms with E-state index in [1.165, 1.54) is 0 Å².